The van der Waals surface area contributed by atoms with Gasteiger partial charge in [0, 0.05) is 24.4 Å². The average molecular weight is 629 g/mol. The van der Waals surface area contributed by atoms with Gasteiger partial charge in [0.2, 0.25) is 17.7 Å². The minimum Gasteiger partial charge on any atom is -0.394 e. The number of likely N-dealkylation sites (tertiary alicyclic amines) is 1. The molecule has 3 saturated heterocycles. The van der Waals surface area contributed by atoms with Gasteiger partial charge in [-0.2, -0.15) is 0 Å². The first-order chi connectivity index (χ1) is 21.7. The fourth-order valence-corrected chi connectivity index (χ4v) is 10.0. The van der Waals surface area contributed by atoms with Crippen LogP contribution in [0.25, 0.3) is 11.0 Å². The summed E-state index contributed by atoms with van der Waals surface area (Å²) >= 11 is 1.62. The van der Waals surface area contributed by atoms with Crippen molar-refractivity contribution >= 4 is 40.5 Å². The van der Waals surface area contributed by atoms with Crippen LogP contribution in [0.1, 0.15) is 32.3 Å². The molecule has 1 N–H and O–H groups in total. The van der Waals surface area contributed by atoms with E-state index in [1.54, 1.807) is 50.2 Å². The van der Waals surface area contributed by atoms with Gasteiger partial charge in [0.05, 0.1) is 34.7 Å². The summed E-state index contributed by atoms with van der Waals surface area (Å²) in [5, 5.41) is 18.8. The summed E-state index contributed by atoms with van der Waals surface area (Å²) in [6.45, 7) is 12.4. The number of carbonyl (C=O) groups excluding carboxylic acids is 3. The van der Waals surface area contributed by atoms with Crippen LogP contribution < -0.4 is 0 Å². The van der Waals surface area contributed by atoms with E-state index in [9.17, 15) is 19.5 Å². The van der Waals surface area contributed by atoms with Gasteiger partial charge in [-0.1, -0.05) is 59.8 Å². The summed E-state index contributed by atoms with van der Waals surface area (Å²) in [5.74, 6) is -1.91. The number of hydrogen-bond donors (Lipinski definition) is 1. The lowest BCUT2D eigenvalue weighted by Gasteiger charge is -2.39. The van der Waals surface area contributed by atoms with Crippen LogP contribution in [-0.4, -0.2) is 93.8 Å². The molecule has 0 saturated carbocycles. The topological polar surface area (TPSA) is 112 Å². The molecule has 2 aromatic carbocycles. The summed E-state index contributed by atoms with van der Waals surface area (Å²) in [5.41, 5.74) is 2.49. The molecule has 2 bridgehead atoms. The summed E-state index contributed by atoms with van der Waals surface area (Å²) in [7, 11) is 0. The molecule has 2 unspecified atom stereocenters. The molecule has 3 aliphatic heterocycles. The third-order valence-corrected chi connectivity index (χ3v) is 11.7. The van der Waals surface area contributed by atoms with E-state index in [-0.39, 0.29) is 37.5 Å². The maximum atomic E-state index is 14.8. The fourth-order valence-electron chi connectivity index (χ4n) is 7.70. The zero-order valence-electron chi connectivity index (χ0n) is 25.8. The van der Waals surface area contributed by atoms with Crippen molar-refractivity contribution in [2.45, 2.75) is 61.5 Å². The summed E-state index contributed by atoms with van der Waals surface area (Å²) < 4.78 is 0.335. The Morgan fingerprint density at radius 3 is 2.47 bits per heavy atom. The number of aliphatic hydroxyl groups excluding tert-OH is 1. The van der Waals surface area contributed by atoms with E-state index in [2.05, 4.69) is 30.4 Å². The molecule has 4 heterocycles. The Bertz CT molecular complexity index is 1630. The summed E-state index contributed by atoms with van der Waals surface area (Å²) in [4.78, 5) is 48.8. The predicted molar refractivity (Wildman–Crippen MR) is 174 cm³/mol. The van der Waals surface area contributed by atoms with Crippen LogP contribution in [0.15, 0.2) is 79.9 Å². The van der Waals surface area contributed by atoms with Crippen molar-refractivity contribution in [3.63, 3.8) is 0 Å². The molecule has 6 atom stereocenters. The highest BCUT2D eigenvalue weighted by Crippen LogP contribution is 2.72. The molecule has 10 nitrogen and oxygen atoms in total. The van der Waals surface area contributed by atoms with E-state index in [0.29, 0.717) is 31.4 Å². The number of fused-ring (bicyclic) bond motifs is 2. The lowest BCUT2D eigenvalue weighted by molar-refractivity contribution is -0.148. The monoisotopic (exact) mass is 628 g/mol. The third-order valence-electron chi connectivity index (χ3n) is 9.72. The minimum absolute atomic E-state index is 0.101. The zero-order valence-corrected chi connectivity index (χ0v) is 26.6. The molecule has 236 valence electrons. The van der Waals surface area contributed by atoms with Crippen molar-refractivity contribution in [1.29, 1.82) is 0 Å². The molecular formula is C34H40N6O4S. The second kappa shape index (κ2) is 12.1. The molecule has 3 amide bonds. The number of rotatable bonds is 12. The zero-order chi connectivity index (χ0) is 31.9. The lowest BCUT2D eigenvalue weighted by atomic mass is 9.66. The molecule has 3 aromatic rings. The van der Waals surface area contributed by atoms with Gasteiger partial charge in [0.1, 0.15) is 18.2 Å². The Labute approximate surface area is 267 Å². The van der Waals surface area contributed by atoms with E-state index in [1.165, 1.54) is 0 Å². The molecule has 0 radical (unpaired) electrons. The number of para-hydroxylation sites is 1. The first kappa shape index (κ1) is 31.0. The Balaban J connectivity index is 1.38. The number of thioether (sulfide) groups is 1. The minimum atomic E-state index is -0.863. The number of nitrogens with zero attached hydrogens (tertiary/aromatic N) is 6. The quantitative estimate of drug-likeness (QED) is 0.306. The van der Waals surface area contributed by atoms with E-state index >= 15 is 0 Å². The summed E-state index contributed by atoms with van der Waals surface area (Å²) in [6.07, 6.45) is 4.69. The maximum absolute atomic E-state index is 14.8. The standard InChI is InChI=1S/C34H40N6O4S/c1-5-18-37(20-24-12-8-7-9-13-24)30(42)27-28-31(43)40(23(3)21-41)29(34(28)17-16-33(27,4)45-34)32(44)38(19-6-2)22-39-26-15-11-10-14-25(26)35-36-39/h5-15,23,27-29,41H,1-2,16-22H2,3-4H3/t23-,27+,28+,29?,33-,34?/m1/s1. The smallest absolute Gasteiger partial charge is 0.248 e. The van der Waals surface area contributed by atoms with Gasteiger partial charge in [-0.3, -0.25) is 14.4 Å². The number of aliphatic hydroxyl groups is 1. The van der Waals surface area contributed by atoms with Gasteiger partial charge in [-0.15, -0.1) is 30.0 Å². The average Bonchev–Trinajstić information content (AvgIpc) is 3.75. The van der Waals surface area contributed by atoms with Gasteiger partial charge in [0.25, 0.3) is 0 Å². The third kappa shape index (κ3) is 5.06. The molecule has 11 heteroatoms. The second-order valence-electron chi connectivity index (χ2n) is 12.6. The van der Waals surface area contributed by atoms with Crippen molar-refractivity contribution < 1.29 is 19.5 Å². The molecule has 1 aromatic heterocycles. The highest BCUT2D eigenvalue weighted by atomic mass is 32.2. The molecule has 0 aliphatic carbocycles. The Morgan fingerprint density at radius 2 is 1.76 bits per heavy atom. The van der Waals surface area contributed by atoms with Crippen molar-refractivity contribution in [2.75, 3.05) is 19.7 Å². The van der Waals surface area contributed by atoms with Gasteiger partial charge >= 0.3 is 0 Å². The molecular weight excluding hydrogens is 588 g/mol. The molecule has 3 fully saturated rings. The largest absolute Gasteiger partial charge is 0.394 e. The van der Waals surface area contributed by atoms with Crippen LogP contribution >= 0.6 is 11.8 Å². The Kier molecular flexibility index (Phi) is 8.34. The van der Waals surface area contributed by atoms with E-state index in [4.69, 9.17) is 0 Å². The number of aromatic nitrogens is 3. The Morgan fingerprint density at radius 1 is 1.07 bits per heavy atom. The number of hydrogen-bond acceptors (Lipinski definition) is 7. The van der Waals surface area contributed by atoms with Crippen molar-refractivity contribution in [3.8, 4) is 0 Å². The van der Waals surface area contributed by atoms with Crippen molar-refractivity contribution in [1.82, 2.24) is 29.7 Å². The molecule has 1 spiro atoms. The van der Waals surface area contributed by atoms with Gasteiger partial charge in [0.15, 0.2) is 0 Å². The van der Waals surface area contributed by atoms with E-state index in [1.807, 2.05) is 54.6 Å². The van der Waals surface area contributed by atoms with Gasteiger partial charge in [-0.05, 0) is 44.4 Å². The first-order valence-electron chi connectivity index (χ1n) is 15.4. The lowest BCUT2D eigenvalue weighted by Crippen LogP contribution is -2.57. The Hall–Kier alpha value is -3.96. The SMILES string of the molecule is C=CCN(Cn1nnc2ccccc21)C(=O)C1N([C@H](C)CO)C(=O)[C@@H]2[C@@H](C(=O)N(CC=C)Cc3ccccc3)[C@@]3(C)CCC12S3. The highest BCUT2D eigenvalue weighted by Gasteiger charge is 2.77. The van der Waals surface area contributed by atoms with Gasteiger partial charge in [-0.25, -0.2) is 4.68 Å². The normalized spacial score (nSPS) is 27.4. The molecule has 3 aliphatic rings. The van der Waals surface area contributed by atoms with E-state index < -0.39 is 33.4 Å². The second-order valence-corrected chi connectivity index (χ2v) is 14.5. The number of amides is 3. The number of benzene rings is 2. The van der Waals surface area contributed by atoms with Crippen LogP contribution in [-0.2, 0) is 27.6 Å². The van der Waals surface area contributed by atoms with Gasteiger partial charge < -0.3 is 19.8 Å². The van der Waals surface area contributed by atoms with Crippen LogP contribution in [0.3, 0.4) is 0 Å². The van der Waals surface area contributed by atoms with Crippen LogP contribution in [0, 0.1) is 11.8 Å². The van der Waals surface area contributed by atoms with Crippen LogP contribution in [0.4, 0.5) is 0 Å². The maximum Gasteiger partial charge on any atom is 0.248 e. The number of carbonyl (C=O) groups is 3. The summed E-state index contributed by atoms with van der Waals surface area (Å²) in [6, 6.07) is 15.8. The highest BCUT2D eigenvalue weighted by molar-refractivity contribution is 8.02. The van der Waals surface area contributed by atoms with E-state index in [0.717, 1.165) is 11.1 Å². The van der Waals surface area contributed by atoms with Crippen molar-refractivity contribution in [2.24, 2.45) is 11.8 Å². The first-order valence-corrected chi connectivity index (χ1v) is 16.3. The predicted octanol–water partition coefficient (Wildman–Crippen LogP) is 3.48. The fraction of sp³-hybridized carbons (Fsp3) is 0.441. The van der Waals surface area contributed by atoms with Crippen LogP contribution in [0.2, 0.25) is 0 Å². The van der Waals surface area contributed by atoms with Crippen molar-refractivity contribution in [3.05, 3.63) is 85.5 Å². The molecule has 45 heavy (non-hydrogen) atoms. The van der Waals surface area contributed by atoms with Crippen LogP contribution in [0.5, 0.6) is 0 Å². The molecule has 6 rings (SSSR count).